The van der Waals surface area contributed by atoms with Gasteiger partial charge in [0.25, 0.3) is 0 Å². The monoisotopic (exact) mass is 218 g/mol. The molecule has 0 saturated carbocycles. The number of nitrogens with zero attached hydrogens (tertiary/aromatic N) is 1. The van der Waals surface area contributed by atoms with Crippen LogP contribution in [0.2, 0.25) is 0 Å². The molecule has 1 aromatic rings. The first kappa shape index (κ1) is 11.0. The second kappa shape index (κ2) is 3.81. The van der Waals surface area contributed by atoms with Gasteiger partial charge in [-0.1, -0.05) is 6.07 Å². The molecule has 3 heteroatoms. The highest BCUT2D eigenvalue weighted by atomic mass is 16.2. The van der Waals surface area contributed by atoms with Gasteiger partial charge in [0.2, 0.25) is 5.91 Å². The number of aryl methyl sites for hydroxylation is 1. The van der Waals surface area contributed by atoms with E-state index in [0.29, 0.717) is 0 Å². The molecule has 3 nitrogen and oxygen atoms in total. The predicted molar refractivity (Wildman–Crippen MR) is 65.1 cm³/mol. The Labute approximate surface area is 96.2 Å². The van der Waals surface area contributed by atoms with Crippen molar-refractivity contribution in [3.63, 3.8) is 0 Å². The van der Waals surface area contributed by atoms with Crippen LogP contribution in [0, 0.1) is 6.92 Å². The van der Waals surface area contributed by atoms with Crippen LogP contribution in [-0.2, 0) is 11.2 Å². The van der Waals surface area contributed by atoms with Gasteiger partial charge < -0.3 is 10.6 Å². The highest BCUT2D eigenvalue weighted by molar-refractivity contribution is 5.75. The maximum absolute atomic E-state index is 11.5. The van der Waals surface area contributed by atoms with Crippen LogP contribution in [0.25, 0.3) is 0 Å². The van der Waals surface area contributed by atoms with E-state index in [9.17, 15) is 4.79 Å². The molecule has 0 aromatic heterocycles. The average molecular weight is 218 g/mol. The molecule has 0 bridgehead atoms. The van der Waals surface area contributed by atoms with Crippen molar-refractivity contribution < 1.29 is 4.79 Å². The Bertz CT molecular complexity index is 440. The fraction of sp³-hybridized carbons (Fsp3) is 0.462. The molecule has 0 fully saturated rings. The van der Waals surface area contributed by atoms with E-state index in [2.05, 4.69) is 13.8 Å². The molecule has 0 spiro atoms. The Hall–Kier alpha value is -1.51. The Morgan fingerprint density at radius 3 is 2.81 bits per heavy atom. The van der Waals surface area contributed by atoms with Crippen LogP contribution < -0.4 is 5.73 Å². The number of hydrogen-bond acceptors (Lipinski definition) is 2. The highest BCUT2D eigenvalue weighted by Crippen LogP contribution is 2.34. The smallest absolute Gasteiger partial charge is 0.219 e. The topological polar surface area (TPSA) is 46.3 Å². The van der Waals surface area contributed by atoms with Gasteiger partial charge in [0, 0.05) is 19.2 Å². The van der Waals surface area contributed by atoms with E-state index in [1.54, 1.807) is 6.92 Å². The quantitative estimate of drug-likeness (QED) is 0.677. The largest absolute Gasteiger partial charge is 0.398 e. The first-order chi connectivity index (χ1) is 7.52. The molecule has 0 aliphatic carbocycles. The summed E-state index contributed by atoms with van der Waals surface area (Å²) in [5.41, 5.74) is 10.5. The predicted octanol–water partition coefficient (Wildman–Crippen LogP) is 2.04. The fourth-order valence-corrected chi connectivity index (χ4v) is 2.67. The number of carbonyl (C=O) groups is 1. The molecule has 1 atom stereocenters. The molecule has 16 heavy (non-hydrogen) atoms. The number of carbonyl (C=O) groups excluding carboxylic acids is 1. The molecule has 1 aliphatic heterocycles. The van der Waals surface area contributed by atoms with Gasteiger partial charge in [-0.2, -0.15) is 0 Å². The molecular weight excluding hydrogens is 200 g/mol. The van der Waals surface area contributed by atoms with Crippen LogP contribution >= 0.6 is 0 Å². The summed E-state index contributed by atoms with van der Waals surface area (Å²) in [6, 6.07) is 4.14. The molecule has 1 amide bonds. The third kappa shape index (κ3) is 1.56. The standard InChI is InChI=1S/C13H18N2O/c1-8-4-5-12(14)11-6-7-15(10(3)16)9(2)13(8)11/h4-5,9H,6-7,14H2,1-3H3. The van der Waals surface area contributed by atoms with E-state index in [-0.39, 0.29) is 11.9 Å². The van der Waals surface area contributed by atoms with Crippen molar-refractivity contribution in [2.45, 2.75) is 33.2 Å². The van der Waals surface area contributed by atoms with Gasteiger partial charge in [-0.15, -0.1) is 0 Å². The number of hydrogen-bond donors (Lipinski definition) is 1. The van der Waals surface area contributed by atoms with Crippen molar-refractivity contribution in [3.8, 4) is 0 Å². The number of benzene rings is 1. The summed E-state index contributed by atoms with van der Waals surface area (Å²) in [5, 5.41) is 0. The third-order valence-corrected chi connectivity index (χ3v) is 3.50. The van der Waals surface area contributed by atoms with Crippen LogP contribution in [0.1, 0.15) is 36.6 Å². The lowest BCUT2D eigenvalue weighted by Gasteiger charge is -2.36. The molecule has 1 aromatic carbocycles. The summed E-state index contributed by atoms with van der Waals surface area (Å²) in [7, 11) is 0. The Morgan fingerprint density at radius 1 is 1.50 bits per heavy atom. The molecule has 1 unspecified atom stereocenters. The van der Waals surface area contributed by atoms with Crippen molar-refractivity contribution in [2.75, 3.05) is 12.3 Å². The van der Waals surface area contributed by atoms with Gasteiger partial charge in [-0.25, -0.2) is 0 Å². The number of rotatable bonds is 0. The van der Waals surface area contributed by atoms with Crippen molar-refractivity contribution in [3.05, 3.63) is 28.8 Å². The van der Waals surface area contributed by atoms with E-state index in [0.717, 1.165) is 18.7 Å². The minimum absolute atomic E-state index is 0.139. The molecule has 2 N–H and O–H groups in total. The van der Waals surface area contributed by atoms with E-state index in [1.807, 2.05) is 17.0 Å². The lowest BCUT2D eigenvalue weighted by molar-refractivity contribution is -0.131. The maximum atomic E-state index is 11.5. The molecule has 1 aliphatic rings. The summed E-state index contributed by atoms with van der Waals surface area (Å²) in [6.45, 7) is 6.56. The lowest BCUT2D eigenvalue weighted by Crippen LogP contribution is -2.38. The van der Waals surface area contributed by atoms with Crippen molar-refractivity contribution in [2.24, 2.45) is 0 Å². The first-order valence-electron chi connectivity index (χ1n) is 5.67. The number of fused-ring (bicyclic) bond motifs is 1. The Kier molecular flexibility index (Phi) is 2.62. The fourth-order valence-electron chi connectivity index (χ4n) is 2.67. The Balaban J connectivity index is 2.52. The van der Waals surface area contributed by atoms with E-state index < -0.39 is 0 Å². The highest BCUT2D eigenvalue weighted by Gasteiger charge is 2.27. The van der Waals surface area contributed by atoms with E-state index >= 15 is 0 Å². The minimum Gasteiger partial charge on any atom is -0.398 e. The van der Waals surface area contributed by atoms with Gasteiger partial charge >= 0.3 is 0 Å². The lowest BCUT2D eigenvalue weighted by atomic mass is 9.88. The number of anilines is 1. The van der Waals surface area contributed by atoms with Crippen LogP contribution in [0.4, 0.5) is 5.69 Å². The first-order valence-corrected chi connectivity index (χ1v) is 5.67. The second-order valence-electron chi connectivity index (χ2n) is 4.50. The zero-order chi connectivity index (χ0) is 11.9. The van der Waals surface area contributed by atoms with Crippen molar-refractivity contribution in [1.29, 1.82) is 0 Å². The number of amides is 1. The van der Waals surface area contributed by atoms with Gasteiger partial charge in [0.05, 0.1) is 6.04 Å². The zero-order valence-electron chi connectivity index (χ0n) is 10.1. The van der Waals surface area contributed by atoms with Gasteiger partial charge in [0.1, 0.15) is 0 Å². The third-order valence-electron chi connectivity index (χ3n) is 3.50. The molecular formula is C13H18N2O. The average Bonchev–Trinajstić information content (AvgIpc) is 2.23. The second-order valence-corrected chi connectivity index (χ2v) is 4.50. The van der Waals surface area contributed by atoms with Gasteiger partial charge in [-0.05, 0) is 43.0 Å². The van der Waals surface area contributed by atoms with E-state index in [1.165, 1.54) is 16.7 Å². The molecule has 2 rings (SSSR count). The summed E-state index contributed by atoms with van der Waals surface area (Å²) < 4.78 is 0. The van der Waals surface area contributed by atoms with Gasteiger partial charge in [0.15, 0.2) is 0 Å². The van der Waals surface area contributed by atoms with Crippen molar-refractivity contribution in [1.82, 2.24) is 4.90 Å². The van der Waals surface area contributed by atoms with Crippen LogP contribution in [-0.4, -0.2) is 17.4 Å². The summed E-state index contributed by atoms with van der Waals surface area (Å²) in [4.78, 5) is 13.4. The molecule has 0 radical (unpaired) electrons. The normalized spacial score (nSPS) is 19.4. The number of nitrogen functional groups attached to an aromatic ring is 1. The number of nitrogens with two attached hydrogens (primary N) is 1. The zero-order valence-corrected chi connectivity index (χ0v) is 10.1. The minimum atomic E-state index is 0.139. The van der Waals surface area contributed by atoms with Crippen molar-refractivity contribution >= 4 is 11.6 Å². The van der Waals surface area contributed by atoms with Crippen LogP contribution in [0.5, 0.6) is 0 Å². The summed E-state index contributed by atoms with van der Waals surface area (Å²) in [5.74, 6) is 0.139. The maximum Gasteiger partial charge on any atom is 0.219 e. The van der Waals surface area contributed by atoms with E-state index in [4.69, 9.17) is 5.73 Å². The molecule has 1 heterocycles. The Morgan fingerprint density at radius 2 is 2.19 bits per heavy atom. The summed E-state index contributed by atoms with van der Waals surface area (Å²) in [6.07, 6.45) is 0.868. The van der Waals surface area contributed by atoms with Gasteiger partial charge in [-0.3, -0.25) is 4.79 Å². The SMILES string of the molecule is CC(=O)N1CCc2c(N)ccc(C)c2C1C. The molecule has 86 valence electrons. The molecule has 0 saturated heterocycles. The van der Waals surface area contributed by atoms with Crippen LogP contribution in [0.3, 0.4) is 0 Å². The summed E-state index contributed by atoms with van der Waals surface area (Å²) >= 11 is 0. The van der Waals surface area contributed by atoms with Crippen LogP contribution in [0.15, 0.2) is 12.1 Å².